The molecule has 1 aliphatic rings. The Labute approximate surface area is 173 Å². The molecule has 1 aromatic heterocycles. The maximum absolute atomic E-state index is 12.5. The van der Waals surface area contributed by atoms with Crippen molar-refractivity contribution in [3.63, 3.8) is 0 Å². The lowest BCUT2D eigenvalue weighted by Gasteiger charge is -2.29. The van der Waals surface area contributed by atoms with Gasteiger partial charge in [-0.1, -0.05) is 30.3 Å². The van der Waals surface area contributed by atoms with Crippen molar-refractivity contribution in [2.45, 2.75) is 25.9 Å². The zero-order valence-electron chi connectivity index (χ0n) is 16.7. The van der Waals surface area contributed by atoms with Gasteiger partial charge in [-0.15, -0.1) is 11.3 Å². The number of aliphatic hydroxyl groups excluding tert-OH is 1. The van der Waals surface area contributed by atoms with E-state index in [1.807, 2.05) is 42.5 Å². The first kappa shape index (κ1) is 20.8. The highest BCUT2D eigenvalue weighted by Gasteiger charge is 2.38. The van der Waals surface area contributed by atoms with Crippen molar-refractivity contribution in [2.24, 2.45) is 0 Å². The lowest BCUT2D eigenvalue weighted by molar-refractivity contribution is -0.137. The van der Waals surface area contributed by atoms with Crippen LogP contribution in [0, 0.1) is 0 Å². The molecule has 3 rings (SSSR count). The normalized spacial score (nSPS) is 15.8. The lowest BCUT2D eigenvalue weighted by atomic mass is 9.84. The fourth-order valence-corrected chi connectivity index (χ4v) is 4.66. The summed E-state index contributed by atoms with van der Waals surface area (Å²) >= 11 is 1.35. The number of dihydropyridines is 1. The van der Waals surface area contributed by atoms with Crippen LogP contribution in [-0.2, 0) is 19.1 Å². The lowest BCUT2D eigenvalue weighted by Crippen LogP contribution is -2.31. The number of nitrogens with one attached hydrogen (secondary N) is 1. The van der Waals surface area contributed by atoms with E-state index in [2.05, 4.69) is 5.32 Å². The Morgan fingerprint density at radius 3 is 2.03 bits per heavy atom. The first-order valence-electron chi connectivity index (χ1n) is 9.06. The Bertz CT molecular complexity index is 952. The van der Waals surface area contributed by atoms with Gasteiger partial charge in [0, 0.05) is 21.1 Å². The molecule has 1 aliphatic heterocycles. The number of hydrogen-bond acceptors (Lipinski definition) is 7. The highest BCUT2D eigenvalue weighted by atomic mass is 32.1. The third-order valence-electron chi connectivity index (χ3n) is 4.89. The summed E-state index contributed by atoms with van der Waals surface area (Å²) in [6.45, 7) is 3.54. The molecule has 0 bridgehead atoms. The number of methoxy groups -OCH3 is 2. The van der Waals surface area contributed by atoms with Crippen molar-refractivity contribution in [3.05, 3.63) is 80.3 Å². The molecular formula is C22H23NO5S. The minimum atomic E-state index is -0.796. The van der Waals surface area contributed by atoms with Gasteiger partial charge in [0.2, 0.25) is 0 Å². The Balaban J connectivity index is 2.09. The van der Waals surface area contributed by atoms with Crippen LogP contribution in [0.1, 0.15) is 41.2 Å². The Morgan fingerprint density at radius 1 is 0.966 bits per heavy atom. The van der Waals surface area contributed by atoms with E-state index in [1.165, 1.54) is 25.6 Å². The van der Waals surface area contributed by atoms with Crippen molar-refractivity contribution < 1.29 is 24.2 Å². The van der Waals surface area contributed by atoms with Crippen molar-refractivity contribution in [1.29, 1.82) is 0 Å². The predicted octanol–water partition coefficient (Wildman–Crippen LogP) is 3.41. The summed E-state index contributed by atoms with van der Waals surface area (Å²) in [5.74, 6) is -1.68. The van der Waals surface area contributed by atoms with Crippen LogP contribution in [0.5, 0.6) is 0 Å². The zero-order chi connectivity index (χ0) is 21.1. The zero-order valence-corrected chi connectivity index (χ0v) is 17.5. The van der Waals surface area contributed by atoms with Gasteiger partial charge < -0.3 is 19.9 Å². The van der Waals surface area contributed by atoms with Gasteiger partial charge in [-0.25, -0.2) is 9.59 Å². The summed E-state index contributed by atoms with van der Waals surface area (Å²) in [5.41, 5.74) is 2.70. The number of carbonyl (C=O) groups excluding carboxylic acids is 2. The molecule has 2 heterocycles. The summed E-state index contributed by atoms with van der Waals surface area (Å²) in [4.78, 5) is 26.6. The molecule has 0 fully saturated rings. The van der Waals surface area contributed by atoms with Crippen molar-refractivity contribution in [3.8, 4) is 0 Å². The molecule has 0 aliphatic carbocycles. The van der Waals surface area contributed by atoms with Crippen LogP contribution in [0.25, 0.3) is 0 Å². The van der Waals surface area contributed by atoms with Gasteiger partial charge in [0.1, 0.15) is 6.10 Å². The largest absolute Gasteiger partial charge is 0.466 e. The fourth-order valence-electron chi connectivity index (χ4n) is 3.51. The number of rotatable bonds is 5. The standard InChI is InChI=1S/C22H23NO5S/c1-12-17(21(25)27-3)19(18(13(2)23-12)22(26)28-4)15-10-11-16(29-15)20(24)14-8-6-5-7-9-14/h5-11,19-20,23-24H,1-4H3. The second-order valence-electron chi connectivity index (χ2n) is 6.67. The minimum Gasteiger partial charge on any atom is -0.466 e. The maximum atomic E-state index is 12.5. The second-order valence-corrected chi connectivity index (χ2v) is 7.82. The van der Waals surface area contributed by atoms with Gasteiger partial charge in [0.05, 0.1) is 31.3 Å². The summed E-state index contributed by atoms with van der Waals surface area (Å²) in [6, 6.07) is 13.0. The molecule has 2 N–H and O–H groups in total. The first-order chi connectivity index (χ1) is 13.9. The smallest absolute Gasteiger partial charge is 0.336 e. The highest BCUT2D eigenvalue weighted by Crippen LogP contribution is 2.43. The molecule has 1 atom stereocenters. The van der Waals surface area contributed by atoms with E-state index in [1.54, 1.807) is 13.8 Å². The number of ether oxygens (including phenoxy) is 2. The molecular weight excluding hydrogens is 390 g/mol. The number of hydrogen-bond donors (Lipinski definition) is 2. The monoisotopic (exact) mass is 413 g/mol. The number of thiophene rings is 1. The van der Waals surface area contributed by atoms with E-state index in [4.69, 9.17) is 9.47 Å². The van der Waals surface area contributed by atoms with Crippen LogP contribution in [-0.4, -0.2) is 31.3 Å². The van der Waals surface area contributed by atoms with Gasteiger partial charge in [-0.3, -0.25) is 0 Å². The molecule has 2 aromatic rings. The third kappa shape index (κ3) is 3.97. The Hall–Kier alpha value is -2.90. The van der Waals surface area contributed by atoms with E-state index in [0.717, 1.165) is 10.4 Å². The average Bonchev–Trinajstić information content (AvgIpc) is 3.22. The summed E-state index contributed by atoms with van der Waals surface area (Å²) in [7, 11) is 2.61. The Morgan fingerprint density at radius 2 is 1.52 bits per heavy atom. The van der Waals surface area contributed by atoms with Gasteiger partial charge in [0.15, 0.2) is 0 Å². The molecule has 6 nitrogen and oxygen atoms in total. The minimum absolute atomic E-state index is 0.348. The molecule has 1 aromatic carbocycles. The SMILES string of the molecule is COC(=O)C1=C(C)NC(C)=C(C(=O)OC)C1c1ccc(C(O)c2ccccc2)s1. The van der Waals surface area contributed by atoms with E-state index < -0.39 is 24.0 Å². The number of benzene rings is 1. The molecule has 7 heteroatoms. The maximum Gasteiger partial charge on any atom is 0.336 e. The number of carbonyl (C=O) groups is 2. The topological polar surface area (TPSA) is 84.9 Å². The summed E-state index contributed by atoms with van der Waals surface area (Å²) in [6.07, 6.45) is -0.796. The summed E-state index contributed by atoms with van der Waals surface area (Å²) in [5, 5.41) is 13.8. The first-order valence-corrected chi connectivity index (χ1v) is 9.88. The second kappa shape index (κ2) is 8.63. The fraction of sp³-hybridized carbons (Fsp3) is 0.273. The van der Waals surface area contributed by atoms with E-state index in [0.29, 0.717) is 27.4 Å². The predicted molar refractivity (Wildman–Crippen MR) is 110 cm³/mol. The van der Waals surface area contributed by atoms with E-state index in [-0.39, 0.29) is 0 Å². The van der Waals surface area contributed by atoms with Crippen molar-refractivity contribution in [1.82, 2.24) is 5.32 Å². The van der Waals surface area contributed by atoms with Crippen LogP contribution >= 0.6 is 11.3 Å². The average molecular weight is 413 g/mol. The van der Waals surface area contributed by atoms with E-state index in [9.17, 15) is 14.7 Å². The molecule has 29 heavy (non-hydrogen) atoms. The summed E-state index contributed by atoms with van der Waals surface area (Å²) < 4.78 is 9.95. The molecule has 0 saturated carbocycles. The van der Waals surface area contributed by atoms with Crippen molar-refractivity contribution >= 4 is 23.3 Å². The molecule has 1 unspecified atom stereocenters. The van der Waals surface area contributed by atoms with Gasteiger partial charge in [-0.2, -0.15) is 0 Å². The van der Waals surface area contributed by atoms with Gasteiger partial charge >= 0.3 is 11.9 Å². The molecule has 0 amide bonds. The van der Waals surface area contributed by atoms with Crippen LogP contribution in [0.15, 0.2) is 65.0 Å². The van der Waals surface area contributed by atoms with Crippen LogP contribution < -0.4 is 5.32 Å². The number of esters is 2. The van der Waals surface area contributed by atoms with Crippen molar-refractivity contribution in [2.75, 3.05) is 14.2 Å². The molecule has 0 radical (unpaired) electrons. The quantitative estimate of drug-likeness (QED) is 0.731. The Kier molecular flexibility index (Phi) is 6.20. The highest BCUT2D eigenvalue weighted by molar-refractivity contribution is 7.12. The van der Waals surface area contributed by atoms with Crippen LogP contribution in [0.3, 0.4) is 0 Å². The number of allylic oxidation sites excluding steroid dienone is 2. The van der Waals surface area contributed by atoms with Gasteiger partial charge in [-0.05, 0) is 31.5 Å². The molecule has 0 spiro atoms. The van der Waals surface area contributed by atoms with Crippen LogP contribution in [0.2, 0.25) is 0 Å². The van der Waals surface area contributed by atoms with Crippen LogP contribution in [0.4, 0.5) is 0 Å². The number of aliphatic hydroxyl groups is 1. The van der Waals surface area contributed by atoms with Gasteiger partial charge in [0.25, 0.3) is 0 Å². The molecule has 0 saturated heterocycles. The molecule has 152 valence electrons. The van der Waals surface area contributed by atoms with E-state index >= 15 is 0 Å². The third-order valence-corrected chi connectivity index (χ3v) is 6.09.